The van der Waals surface area contributed by atoms with Gasteiger partial charge >= 0.3 is 5.97 Å². The number of rotatable bonds is 7. The van der Waals surface area contributed by atoms with E-state index in [4.69, 9.17) is 20.9 Å². The quantitative estimate of drug-likeness (QED) is 0.590. The van der Waals surface area contributed by atoms with Gasteiger partial charge in [0, 0.05) is 16.1 Å². The number of esters is 1. The summed E-state index contributed by atoms with van der Waals surface area (Å²) in [6, 6.07) is 14.8. The lowest BCUT2D eigenvalue weighted by Crippen LogP contribution is -2.45. The number of nitrogens with one attached hydrogen (secondary N) is 1. The molecule has 0 spiro atoms. The average molecular weight is 414 g/mol. The molecule has 7 nitrogen and oxygen atoms in total. The van der Waals surface area contributed by atoms with Gasteiger partial charge in [0.05, 0.1) is 0 Å². The van der Waals surface area contributed by atoms with Gasteiger partial charge in [0.2, 0.25) is 5.82 Å². The van der Waals surface area contributed by atoms with E-state index < -0.39 is 12.0 Å². The van der Waals surface area contributed by atoms with Crippen LogP contribution in [0.4, 0.5) is 0 Å². The fraction of sp³-hybridized carbons (Fsp3) is 0.238. The number of hydrogen-bond acceptors (Lipinski definition) is 6. The predicted molar refractivity (Wildman–Crippen MR) is 107 cm³/mol. The van der Waals surface area contributed by atoms with Crippen molar-refractivity contribution in [1.29, 1.82) is 0 Å². The lowest BCUT2D eigenvalue weighted by molar-refractivity contribution is -0.149. The Morgan fingerprint density at radius 1 is 1.10 bits per heavy atom. The molecule has 3 rings (SSSR count). The second-order valence-corrected chi connectivity index (χ2v) is 7.12. The number of amides is 1. The lowest BCUT2D eigenvalue weighted by Gasteiger charge is -2.20. The summed E-state index contributed by atoms with van der Waals surface area (Å²) in [6.07, 6.45) is 0. The molecule has 0 fully saturated rings. The maximum Gasteiger partial charge on any atom is 0.329 e. The summed E-state index contributed by atoms with van der Waals surface area (Å²) < 4.78 is 10.4. The van der Waals surface area contributed by atoms with E-state index >= 15 is 0 Å². The van der Waals surface area contributed by atoms with Crippen molar-refractivity contribution in [2.75, 3.05) is 0 Å². The molecular weight excluding hydrogens is 394 g/mol. The zero-order valence-electron chi connectivity index (χ0n) is 16.0. The number of carbonyl (C=O) groups is 2. The van der Waals surface area contributed by atoms with Gasteiger partial charge in [-0.25, -0.2) is 4.79 Å². The topological polar surface area (TPSA) is 94.3 Å². The molecule has 0 saturated heterocycles. The highest BCUT2D eigenvalue weighted by molar-refractivity contribution is 6.30. The maximum absolute atomic E-state index is 12.5. The first-order valence-electron chi connectivity index (χ1n) is 9.05. The van der Waals surface area contributed by atoms with Crippen molar-refractivity contribution < 1.29 is 18.8 Å². The average Bonchev–Trinajstić information content (AvgIpc) is 3.20. The van der Waals surface area contributed by atoms with E-state index in [0.29, 0.717) is 16.4 Å². The van der Waals surface area contributed by atoms with Gasteiger partial charge in [-0.05, 0) is 42.3 Å². The first-order chi connectivity index (χ1) is 13.9. The van der Waals surface area contributed by atoms with Gasteiger partial charge < -0.3 is 14.6 Å². The van der Waals surface area contributed by atoms with Crippen molar-refractivity contribution in [3.8, 4) is 11.4 Å². The van der Waals surface area contributed by atoms with E-state index in [1.54, 1.807) is 48.5 Å². The van der Waals surface area contributed by atoms with Gasteiger partial charge in [0.1, 0.15) is 6.04 Å². The minimum Gasteiger partial charge on any atom is -0.454 e. The molecule has 3 aromatic rings. The molecule has 0 aliphatic carbocycles. The normalized spacial score (nSPS) is 11.9. The summed E-state index contributed by atoms with van der Waals surface area (Å²) in [5, 5.41) is 7.18. The molecule has 2 aromatic carbocycles. The third-order valence-corrected chi connectivity index (χ3v) is 4.40. The molecule has 0 saturated carbocycles. The Bertz CT molecular complexity index is 971. The molecule has 1 aromatic heterocycles. The summed E-state index contributed by atoms with van der Waals surface area (Å²) >= 11 is 5.87. The smallest absolute Gasteiger partial charge is 0.329 e. The first kappa shape index (κ1) is 20.5. The van der Waals surface area contributed by atoms with Crippen molar-refractivity contribution >= 4 is 23.5 Å². The molecule has 8 heteroatoms. The van der Waals surface area contributed by atoms with E-state index in [0.717, 1.165) is 5.56 Å². The van der Waals surface area contributed by atoms with Gasteiger partial charge in [0.25, 0.3) is 11.8 Å². The number of aromatic nitrogens is 2. The largest absolute Gasteiger partial charge is 0.454 e. The van der Waals surface area contributed by atoms with Crippen LogP contribution in [-0.2, 0) is 16.1 Å². The summed E-state index contributed by atoms with van der Waals surface area (Å²) in [6.45, 7) is 3.45. The van der Waals surface area contributed by atoms with Crippen LogP contribution in [0.15, 0.2) is 59.1 Å². The lowest BCUT2D eigenvalue weighted by atomic mass is 10.0. The van der Waals surface area contributed by atoms with E-state index in [1.807, 2.05) is 19.9 Å². The molecule has 0 radical (unpaired) electrons. The summed E-state index contributed by atoms with van der Waals surface area (Å²) in [5.41, 5.74) is 1.20. The van der Waals surface area contributed by atoms with Crippen LogP contribution in [0.1, 0.15) is 30.1 Å². The number of halogens is 1. The molecular formula is C21H20ClN3O4. The summed E-state index contributed by atoms with van der Waals surface area (Å²) in [4.78, 5) is 29.1. The number of hydrogen-bond donors (Lipinski definition) is 1. The van der Waals surface area contributed by atoms with Gasteiger partial charge in [-0.2, -0.15) is 4.98 Å². The van der Waals surface area contributed by atoms with Gasteiger partial charge in [-0.3, -0.25) is 4.79 Å². The molecule has 0 aliphatic rings. The second kappa shape index (κ2) is 9.34. The van der Waals surface area contributed by atoms with Crippen molar-refractivity contribution in [2.45, 2.75) is 26.5 Å². The van der Waals surface area contributed by atoms with Crippen LogP contribution in [0, 0.1) is 5.92 Å². The van der Waals surface area contributed by atoms with Gasteiger partial charge in [-0.15, -0.1) is 0 Å². The molecule has 1 unspecified atom stereocenters. The summed E-state index contributed by atoms with van der Waals surface area (Å²) in [5.74, 6) is -0.562. The minimum atomic E-state index is -0.804. The van der Waals surface area contributed by atoms with E-state index in [1.165, 1.54) is 0 Å². The fourth-order valence-electron chi connectivity index (χ4n) is 2.56. The Morgan fingerprint density at radius 3 is 2.45 bits per heavy atom. The third-order valence-electron chi connectivity index (χ3n) is 4.15. The standard InChI is InChI=1S/C21H20ClN3O4/c1-13(2)18(24-20(26)15-6-4-3-5-7-15)21(27)28-12-17-23-19(25-29-17)14-8-10-16(22)11-9-14/h3-11,13,18H,12H2,1-2H3,(H,24,26). The van der Waals surface area contributed by atoms with Crippen LogP contribution < -0.4 is 5.32 Å². The van der Waals surface area contributed by atoms with E-state index in [-0.39, 0.29) is 24.3 Å². The molecule has 1 heterocycles. The molecule has 1 N–H and O–H groups in total. The highest BCUT2D eigenvalue weighted by Crippen LogP contribution is 2.19. The molecule has 1 atom stereocenters. The van der Waals surface area contributed by atoms with Crippen molar-refractivity contribution in [3.63, 3.8) is 0 Å². The number of benzene rings is 2. The van der Waals surface area contributed by atoms with Crippen LogP contribution in [0.5, 0.6) is 0 Å². The molecule has 0 bridgehead atoms. The van der Waals surface area contributed by atoms with Crippen molar-refractivity contribution in [1.82, 2.24) is 15.5 Å². The maximum atomic E-state index is 12.5. The predicted octanol–water partition coefficient (Wildman–Crippen LogP) is 3.89. The van der Waals surface area contributed by atoms with Crippen molar-refractivity contribution in [2.24, 2.45) is 5.92 Å². The van der Waals surface area contributed by atoms with Crippen LogP contribution in [-0.4, -0.2) is 28.1 Å². The Kier molecular flexibility index (Phi) is 6.61. The second-order valence-electron chi connectivity index (χ2n) is 6.69. The van der Waals surface area contributed by atoms with Gasteiger partial charge in [-0.1, -0.05) is 48.8 Å². The highest BCUT2D eigenvalue weighted by atomic mass is 35.5. The monoisotopic (exact) mass is 413 g/mol. The Hall–Kier alpha value is -3.19. The van der Waals surface area contributed by atoms with E-state index in [2.05, 4.69) is 15.5 Å². The molecule has 1 amide bonds. The number of nitrogens with zero attached hydrogens (tertiary/aromatic N) is 2. The first-order valence-corrected chi connectivity index (χ1v) is 9.43. The SMILES string of the molecule is CC(C)C(NC(=O)c1ccccc1)C(=O)OCc1nc(-c2ccc(Cl)cc2)no1. The Balaban J connectivity index is 1.60. The number of carbonyl (C=O) groups excluding carboxylic acids is 2. The zero-order chi connectivity index (χ0) is 20.8. The zero-order valence-corrected chi connectivity index (χ0v) is 16.7. The summed E-state index contributed by atoms with van der Waals surface area (Å²) in [7, 11) is 0. The van der Waals surface area contributed by atoms with Crippen LogP contribution in [0.25, 0.3) is 11.4 Å². The number of ether oxygens (including phenoxy) is 1. The Labute approximate surface area is 173 Å². The van der Waals surface area contributed by atoms with E-state index in [9.17, 15) is 9.59 Å². The molecule has 150 valence electrons. The highest BCUT2D eigenvalue weighted by Gasteiger charge is 2.26. The Morgan fingerprint density at radius 2 is 1.79 bits per heavy atom. The van der Waals surface area contributed by atoms with Crippen molar-refractivity contribution in [3.05, 3.63) is 71.1 Å². The van der Waals surface area contributed by atoms with Gasteiger partial charge in [0.15, 0.2) is 6.61 Å². The minimum absolute atomic E-state index is 0.153. The fourth-order valence-corrected chi connectivity index (χ4v) is 2.69. The molecule has 0 aliphatic heterocycles. The van der Waals surface area contributed by atoms with Crippen LogP contribution in [0.2, 0.25) is 5.02 Å². The molecule has 29 heavy (non-hydrogen) atoms. The third kappa shape index (κ3) is 5.42. The van der Waals surface area contributed by atoms with Crippen LogP contribution in [0.3, 0.4) is 0 Å². The van der Waals surface area contributed by atoms with Crippen LogP contribution >= 0.6 is 11.6 Å².